The van der Waals surface area contributed by atoms with E-state index in [1.807, 2.05) is 28.0 Å². The summed E-state index contributed by atoms with van der Waals surface area (Å²) < 4.78 is 0. The Bertz CT molecular complexity index is 634. The predicted molar refractivity (Wildman–Crippen MR) is 108 cm³/mol. The number of fused-ring (bicyclic) bond motifs is 1. The molecule has 0 bridgehead atoms. The lowest BCUT2D eigenvalue weighted by Gasteiger charge is -2.29. The summed E-state index contributed by atoms with van der Waals surface area (Å²) in [4.78, 5) is 30.3. The van der Waals surface area contributed by atoms with Crippen LogP contribution in [-0.4, -0.2) is 42.1 Å². The molecule has 1 unspecified atom stereocenters. The maximum Gasteiger partial charge on any atom is 0.227 e. The predicted octanol–water partition coefficient (Wildman–Crippen LogP) is 4.33. The van der Waals surface area contributed by atoms with Crippen molar-refractivity contribution < 1.29 is 9.59 Å². The average Bonchev–Trinajstić information content (AvgIpc) is 2.91. The lowest BCUT2D eigenvalue weighted by atomic mass is 9.96. The highest BCUT2D eigenvalue weighted by molar-refractivity contribution is 7.99. The van der Waals surface area contributed by atoms with Crippen molar-refractivity contribution in [3.8, 4) is 0 Å². The third kappa shape index (κ3) is 4.81. The maximum atomic E-state index is 12.7. The SMILES string of the molecule is CCCC1CCCN(C(=O)CCC(=O)N2CCSc3ccccc32)CC1. The van der Waals surface area contributed by atoms with Gasteiger partial charge in [-0.2, -0.15) is 0 Å². The molecule has 1 fully saturated rings. The molecule has 0 N–H and O–H groups in total. The highest BCUT2D eigenvalue weighted by Crippen LogP contribution is 2.34. The molecule has 5 heteroatoms. The molecule has 1 saturated heterocycles. The Morgan fingerprint density at radius 1 is 1.08 bits per heavy atom. The molecule has 0 spiro atoms. The second kappa shape index (κ2) is 9.45. The first-order valence-corrected chi connectivity index (χ1v) is 11.0. The summed E-state index contributed by atoms with van der Waals surface area (Å²) in [6.07, 6.45) is 6.59. The van der Waals surface area contributed by atoms with Crippen molar-refractivity contribution in [3.05, 3.63) is 24.3 Å². The van der Waals surface area contributed by atoms with Crippen LogP contribution >= 0.6 is 11.8 Å². The summed E-state index contributed by atoms with van der Waals surface area (Å²) in [5.41, 5.74) is 0.998. The number of amides is 2. The standard InChI is InChI=1S/C21H30N2O2S/c1-2-6-17-7-5-13-22(14-12-17)20(24)10-11-21(25)23-15-16-26-19-9-4-3-8-18(19)23/h3-4,8-9,17H,2,5-7,10-16H2,1H3. The number of para-hydroxylation sites is 1. The Morgan fingerprint density at radius 2 is 1.88 bits per heavy atom. The number of benzene rings is 1. The van der Waals surface area contributed by atoms with Gasteiger partial charge >= 0.3 is 0 Å². The van der Waals surface area contributed by atoms with Gasteiger partial charge in [-0.05, 0) is 37.3 Å². The first kappa shape index (κ1) is 19.3. The minimum Gasteiger partial charge on any atom is -0.343 e. The molecule has 2 aliphatic heterocycles. The van der Waals surface area contributed by atoms with Crippen LogP contribution in [0.3, 0.4) is 0 Å². The summed E-state index contributed by atoms with van der Waals surface area (Å²) in [5, 5.41) is 0. The summed E-state index contributed by atoms with van der Waals surface area (Å²) in [6, 6.07) is 8.05. The Hall–Kier alpha value is -1.49. The van der Waals surface area contributed by atoms with E-state index in [2.05, 4.69) is 13.0 Å². The van der Waals surface area contributed by atoms with Crippen LogP contribution in [0.25, 0.3) is 0 Å². The molecule has 26 heavy (non-hydrogen) atoms. The lowest BCUT2D eigenvalue weighted by molar-refractivity contribution is -0.133. The summed E-state index contributed by atoms with van der Waals surface area (Å²) >= 11 is 1.79. The van der Waals surface area contributed by atoms with Gasteiger partial charge in [-0.1, -0.05) is 31.9 Å². The van der Waals surface area contributed by atoms with Crippen molar-refractivity contribution in [2.24, 2.45) is 5.92 Å². The quantitative estimate of drug-likeness (QED) is 0.770. The van der Waals surface area contributed by atoms with E-state index in [0.717, 1.165) is 54.7 Å². The minimum absolute atomic E-state index is 0.0739. The van der Waals surface area contributed by atoms with Crippen molar-refractivity contribution >= 4 is 29.3 Å². The monoisotopic (exact) mass is 374 g/mol. The smallest absolute Gasteiger partial charge is 0.227 e. The van der Waals surface area contributed by atoms with E-state index < -0.39 is 0 Å². The van der Waals surface area contributed by atoms with Gasteiger partial charge in [0, 0.05) is 43.1 Å². The minimum atomic E-state index is 0.0739. The van der Waals surface area contributed by atoms with Gasteiger partial charge in [0.2, 0.25) is 11.8 Å². The van der Waals surface area contributed by atoms with Gasteiger partial charge in [-0.15, -0.1) is 11.8 Å². The number of nitrogens with zero attached hydrogens (tertiary/aromatic N) is 2. The molecule has 0 aromatic heterocycles. The van der Waals surface area contributed by atoms with Crippen LogP contribution in [0.5, 0.6) is 0 Å². The van der Waals surface area contributed by atoms with Crippen LogP contribution in [-0.2, 0) is 9.59 Å². The number of hydrogen-bond donors (Lipinski definition) is 0. The third-order valence-electron chi connectivity index (χ3n) is 5.48. The Kier molecular flexibility index (Phi) is 7.00. The number of likely N-dealkylation sites (tertiary alicyclic amines) is 1. The van der Waals surface area contributed by atoms with Gasteiger partial charge in [0.25, 0.3) is 0 Å². The fourth-order valence-corrected chi connectivity index (χ4v) is 5.04. The molecule has 0 aliphatic carbocycles. The van der Waals surface area contributed by atoms with E-state index in [0.29, 0.717) is 12.8 Å². The number of thioether (sulfide) groups is 1. The van der Waals surface area contributed by atoms with Gasteiger partial charge in [0.15, 0.2) is 0 Å². The Balaban J connectivity index is 1.51. The first-order chi connectivity index (χ1) is 12.7. The summed E-state index contributed by atoms with van der Waals surface area (Å²) in [7, 11) is 0. The van der Waals surface area contributed by atoms with Crippen LogP contribution < -0.4 is 4.90 Å². The van der Waals surface area contributed by atoms with Crippen LogP contribution in [0.1, 0.15) is 51.9 Å². The summed E-state index contributed by atoms with van der Waals surface area (Å²) in [6.45, 7) is 4.69. The largest absolute Gasteiger partial charge is 0.343 e. The molecule has 4 nitrogen and oxygen atoms in total. The van der Waals surface area contributed by atoms with Gasteiger partial charge in [0.1, 0.15) is 0 Å². The van der Waals surface area contributed by atoms with E-state index >= 15 is 0 Å². The molecule has 1 aromatic carbocycles. The molecule has 0 radical (unpaired) electrons. The molecular formula is C21H30N2O2S. The van der Waals surface area contributed by atoms with E-state index in [9.17, 15) is 9.59 Å². The van der Waals surface area contributed by atoms with Crippen molar-refractivity contribution in [3.63, 3.8) is 0 Å². The number of carbonyl (C=O) groups is 2. The number of carbonyl (C=O) groups excluding carboxylic acids is 2. The number of hydrogen-bond acceptors (Lipinski definition) is 3. The molecule has 1 atom stereocenters. The zero-order chi connectivity index (χ0) is 18.4. The maximum absolute atomic E-state index is 12.7. The zero-order valence-corrected chi connectivity index (χ0v) is 16.6. The first-order valence-electron chi connectivity index (χ1n) is 9.99. The van der Waals surface area contributed by atoms with Gasteiger partial charge in [-0.3, -0.25) is 9.59 Å². The zero-order valence-electron chi connectivity index (χ0n) is 15.8. The second-order valence-electron chi connectivity index (χ2n) is 7.33. The van der Waals surface area contributed by atoms with E-state index in [-0.39, 0.29) is 11.8 Å². The van der Waals surface area contributed by atoms with Crippen LogP contribution in [0.4, 0.5) is 5.69 Å². The fourth-order valence-electron chi connectivity index (χ4n) is 4.05. The molecule has 3 rings (SSSR count). The van der Waals surface area contributed by atoms with Gasteiger partial charge < -0.3 is 9.80 Å². The van der Waals surface area contributed by atoms with Crippen molar-refractivity contribution in [1.29, 1.82) is 0 Å². The Morgan fingerprint density at radius 3 is 2.73 bits per heavy atom. The lowest BCUT2D eigenvalue weighted by Crippen LogP contribution is -2.37. The third-order valence-corrected chi connectivity index (χ3v) is 6.52. The molecule has 2 heterocycles. The van der Waals surface area contributed by atoms with Crippen LogP contribution in [0.15, 0.2) is 29.2 Å². The molecule has 2 amide bonds. The topological polar surface area (TPSA) is 40.6 Å². The number of anilines is 1. The fraction of sp³-hybridized carbons (Fsp3) is 0.619. The van der Waals surface area contributed by atoms with Crippen molar-refractivity contribution in [1.82, 2.24) is 4.90 Å². The molecule has 2 aliphatic rings. The summed E-state index contributed by atoms with van der Waals surface area (Å²) in [5.74, 6) is 1.91. The van der Waals surface area contributed by atoms with Crippen molar-refractivity contribution in [2.45, 2.75) is 56.8 Å². The van der Waals surface area contributed by atoms with Crippen LogP contribution in [0.2, 0.25) is 0 Å². The molecule has 0 saturated carbocycles. The van der Waals surface area contributed by atoms with Crippen molar-refractivity contribution in [2.75, 3.05) is 30.3 Å². The average molecular weight is 375 g/mol. The highest BCUT2D eigenvalue weighted by Gasteiger charge is 2.25. The molecular weight excluding hydrogens is 344 g/mol. The number of rotatable bonds is 5. The Labute approximate surface area is 161 Å². The second-order valence-corrected chi connectivity index (χ2v) is 8.46. The van der Waals surface area contributed by atoms with E-state index in [4.69, 9.17) is 0 Å². The van der Waals surface area contributed by atoms with Gasteiger partial charge in [0.05, 0.1) is 5.69 Å². The van der Waals surface area contributed by atoms with E-state index in [1.165, 1.54) is 19.3 Å². The normalized spacial score (nSPS) is 20.4. The molecule has 142 valence electrons. The van der Waals surface area contributed by atoms with E-state index in [1.54, 1.807) is 11.8 Å². The van der Waals surface area contributed by atoms with Gasteiger partial charge in [-0.25, -0.2) is 0 Å². The highest BCUT2D eigenvalue weighted by atomic mass is 32.2. The van der Waals surface area contributed by atoms with Crippen LogP contribution in [0, 0.1) is 5.92 Å². The molecule has 1 aromatic rings.